The number of benzene rings is 2. The van der Waals surface area contributed by atoms with Crippen molar-refractivity contribution in [2.45, 2.75) is 72.1 Å². The van der Waals surface area contributed by atoms with E-state index in [1.165, 1.54) is 31.2 Å². The maximum absolute atomic E-state index is 15.7. The second kappa shape index (κ2) is 14.5. The van der Waals surface area contributed by atoms with Gasteiger partial charge < -0.3 is 15.3 Å². The summed E-state index contributed by atoms with van der Waals surface area (Å²) in [6.07, 6.45) is -4.81. The van der Waals surface area contributed by atoms with Crippen LogP contribution in [0, 0.1) is 38.3 Å². The van der Waals surface area contributed by atoms with Gasteiger partial charge in [0.25, 0.3) is 0 Å². The normalized spacial score (nSPS) is 13.3. The molecule has 46 heavy (non-hydrogen) atoms. The largest absolute Gasteiger partial charge is 0.481 e. The van der Waals surface area contributed by atoms with Crippen LogP contribution >= 0.6 is 0 Å². The van der Waals surface area contributed by atoms with E-state index in [0.717, 1.165) is 10.8 Å². The molecule has 1 heterocycles. The third-order valence-corrected chi connectivity index (χ3v) is 7.60. The fourth-order valence-corrected chi connectivity index (χ4v) is 5.54. The zero-order chi connectivity index (χ0) is 34.7. The molecule has 3 aromatic rings. The number of carbonyl (C=O) groups is 2. The van der Waals surface area contributed by atoms with Crippen molar-refractivity contribution in [3.63, 3.8) is 0 Å². The summed E-state index contributed by atoms with van der Waals surface area (Å²) in [5.74, 6) is -3.71. The highest BCUT2D eigenvalue weighted by atomic mass is 19.4. The molecular formula is C33H39F5N4O4. The Morgan fingerprint density at radius 2 is 1.63 bits per heavy atom. The minimum Gasteiger partial charge on any atom is -0.481 e. The van der Waals surface area contributed by atoms with E-state index in [1.807, 2.05) is 0 Å². The fourth-order valence-electron chi connectivity index (χ4n) is 5.54. The van der Waals surface area contributed by atoms with Gasteiger partial charge >= 0.3 is 17.8 Å². The SMILES string of the molecule is Cc1cc(-c2c(C)cc(F)cc2C)cc([C@H](CC(=O)O)NC(=O)[C@H](CC(C)C)n2cc(CCN(C)C)c(C(F)(F)F)nc2=O)c1F. The number of carbonyl (C=O) groups excluding carboxylic acids is 1. The molecule has 250 valence electrons. The summed E-state index contributed by atoms with van der Waals surface area (Å²) in [6.45, 7) is 8.51. The first-order valence-electron chi connectivity index (χ1n) is 14.7. The van der Waals surface area contributed by atoms with E-state index in [0.29, 0.717) is 22.3 Å². The van der Waals surface area contributed by atoms with Crippen molar-refractivity contribution >= 4 is 11.9 Å². The van der Waals surface area contributed by atoms with Gasteiger partial charge in [-0.15, -0.1) is 0 Å². The number of carboxylic acids is 1. The van der Waals surface area contributed by atoms with Crippen LogP contribution in [-0.2, 0) is 22.2 Å². The summed E-state index contributed by atoms with van der Waals surface area (Å²) >= 11 is 0. The average Bonchev–Trinajstić information content (AvgIpc) is 2.90. The van der Waals surface area contributed by atoms with Crippen molar-refractivity contribution < 1.29 is 36.6 Å². The second-order valence-electron chi connectivity index (χ2n) is 12.3. The topological polar surface area (TPSA) is 105 Å². The van der Waals surface area contributed by atoms with Gasteiger partial charge in [0.15, 0.2) is 5.69 Å². The number of aryl methyl sites for hydroxylation is 3. The first-order valence-corrected chi connectivity index (χ1v) is 14.7. The van der Waals surface area contributed by atoms with E-state index in [-0.39, 0.29) is 42.0 Å². The number of carboxylic acid groups (broad SMARTS) is 1. The Morgan fingerprint density at radius 3 is 2.15 bits per heavy atom. The van der Waals surface area contributed by atoms with Crippen molar-refractivity contribution in [2.24, 2.45) is 5.92 Å². The number of amides is 1. The molecular weight excluding hydrogens is 611 g/mol. The van der Waals surface area contributed by atoms with Gasteiger partial charge in [-0.25, -0.2) is 13.6 Å². The summed E-state index contributed by atoms with van der Waals surface area (Å²) in [4.78, 5) is 43.8. The molecule has 8 nitrogen and oxygen atoms in total. The van der Waals surface area contributed by atoms with Gasteiger partial charge in [0.2, 0.25) is 5.91 Å². The van der Waals surface area contributed by atoms with Crippen LogP contribution in [0.1, 0.15) is 72.3 Å². The van der Waals surface area contributed by atoms with Crippen LogP contribution in [-0.4, -0.2) is 52.1 Å². The molecule has 0 saturated carbocycles. The van der Waals surface area contributed by atoms with Crippen molar-refractivity contribution in [1.29, 1.82) is 0 Å². The molecule has 0 aliphatic carbocycles. The number of likely N-dealkylation sites (N-methyl/N-ethyl adjacent to an activating group) is 1. The second-order valence-corrected chi connectivity index (χ2v) is 12.3. The average molecular weight is 651 g/mol. The van der Waals surface area contributed by atoms with Crippen LogP contribution in [0.3, 0.4) is 0 Å². The van der Waals surface area contributed by atoms with Crippen molar-refractivity contribution in [2.75, 3.05) is 20.6 Å². The van der Waals surface area contributed by atoms with Crippen LogP contribution in [0.15, 0.2) is 35.3 Å². The van der Waals surface area contributed by atoms with E-state index >= 15 is 4.39 Å². The first kappa shape index (κ1) is 36.3. The molecule has 2 aromatic carbocycles. The Hall–Kier alpha value is -4.13. The van der Waals surface area contributed by atoms with Gasteiger partial charge in [-0.2, -0.15) is 18.2 Å². The van der Waals surface area contributed by atoms with Gasteiger partial charge in [0, 0.05) is 23.9 Å². The number of aromatic nitrogens is 2. The van der Waals surface area contributed by atoms with Gasteiger partial charge in [-0.05, 0) is 106 Å². The molecule has 3 rings (SSSR count). The Labute approximate surface area is 264 Å². The molecule has 0 unspecified atom stereocenters. The standard InChI is InChI=1S/C33H39F5N4O4/c1-17(2)10-26(42-16-21(8-9-41(6)7)30(33(36,37)38)40-32(42)46)31(45)39-25(15-27(43)44)24-14-22(11-20(5)29(24)35)28-18(3)12-23(34)13-19(28)4/h11-14,16-17,25-26H,8-10,15H2,1-7H3,(H,39,45)(H,43,44)/t25-,26-/m0/s1. The van der Waals surface area contributed by atoms with Gasteiger partial charge in [-0.3, -0.25) is 14.2 Å². The van der Waals surface area contributed by atoms with Crippen molar-refractivity contribution in [3.8, 4) is 11.1 Å². The minimum atomic E-state index is -4.91. The molecule has 0 radical (unpaired) electrons. The molecule has 0 bridgehead atoms. The van der Waals surface area contributed by atoms with Gasteiger partial charge in [0.1, 0.15) is 17.7 Å². The van der Waals surface area contributed by atoms with Crippen LogP contribution in [0.25, 0.3) is 11.1 Å². The zero-order valence-electron chi connectivity index (χ0n) is 26.9. The monoisotopic (exact) mass is 650 g/mol. The lowest BCUT2D eigenvalue weighted by Crippen LogP contribution is -2.42. The van der Waals surface area contributed by atoms with E-state index in [9.17, 15) is 37.1 Å². The number of halogens is 5. The molecule has 0 saturated heterocycles. The Bertz CT molecular complexity index is 1640. The van der Waals surface area contributed by atoms with E-state index < -0.39 is 59.6 Å². The highest BCUT2D eigenvalue weighted by Gasteiger charge is 2.37. The third-order valence-electron chi connectivity index (χ3n) is 7.60. The van der Waals surface area contributed by atoms with Gasteiger partial charge in [0.05, 0.1) is 12.5 Å². The zero-order valence-corrected chi connectivity index (χ0v) is 26.9. The lowest BCUT2D eigenvalue weighted by Gasteiger charge is -2.26. The Balaban J connectivity index is 2.15. The predicted molar refractivity (Wildman–Crippen MR) is 163 cm³/mol. The molecule has 1 aromatic heterocycles. The van der Waals surface area contributed by atoms with Crippen molar-refractivity contribution in [1.82, 2.24) is 19.8 Å². The van der Waals surface area contributed by atoms with Gasteiger partial charge in [-0.1, -0.05) is 13.8 Å². The summed E-state index contributed by atoms with van der Waals surface area (Å²) in [7, 11) is 3.34. The van der Waals surface area contributed by atoms with E-state index in [2.05, 4.69) is 10.3 Å². The number of hydrogen-bond donors (Lipinski definition) is 2. The number of hydrogen-bond acceptors (Lipinski definition) is 5. The summed E-state index contributed by atoms with van der Waals surface area (Å²) in [5, 5.41) is 12.3. The summed E-state index contributed by atoms with van der Waals surface area (Å²) < 4.78 is 72.0. The minimum absolute atomic E-state index is 0.0127. The van der Waals surface area contributed by atoms with Crippen LogP contribution in [0.2, 0.25) is 0 Å². The maximum Gasteiger partial charge on any atom is 0.433 e. The summed E-state index contributed by atoms with van der Waals surface area (Å²) in [6, 6.07) is 2.76. The number of rotatable bonds is 12. The predicted octanol–water partition coefficient (Wildman–Crippen LogP) is 6.16. The maximum atomic E-state index is 15.7. The lowest BCUT2D eigenvalue weighted by atomic mass is 9.90. The molecule has 1 amide bonds. The number of nitrogens with zero attached hydrogens (tertiary/aromatic N) is 3. The number of nitrogens with one attached hydrogen (secondary N) is 1. The fraction of sp³-hybridized carbons (Fsp3) is 0.455. The highest BCUT2D eigenvalue weighted by Crippen LogP contribution is 2.35. The Kier molecular flexibility index (Phi) is 11.5. The van der Waals surface area contributed by atoms with Crippen LogP contribution in [0.4, 0.5) is 22.0 Å². The molecule has 0 spiro atoms. The molecule has 2 atom stereocenters. The molecule has 0 aliphatic rings. The Morgan fingerprint density at radius 1 is 1.02 bits per heavy atom. The molecule has 0 aliphatic heterocycles. The number of aliphatic carboxylic acids is 1. The quantitative estimate of drug-likeness (QED) is 0.228. The molecule has 2 N–H and O–H groups in total. The number of alkyl halides is 3. The molecule has 13 heteroatoms. The third kappa shape index (κ3) is 8.77. The van der Waals surface area contributed by atoms with Crippen LogP contribution < -0.4 is 11.0 Å². The molecule has 0 fully saturated rings. The smallest absolute Gasteiger partial charge is 0.433 e. The van der Waals surface area contributed by atoms with E-state index in [4.69, 9.17) is 0 Å². The summed E-state index contributed by atoms with van der Waals surface area (Å²) in [5.41, 5.74) is -0.739. The van der Waals surface area contributed by atoms with E-state index in [1.54, 1.807) is 46.7 Å². The van der Waals surface area contributed by atoms with Crippen molar-refractivity contribution in [3.05, 3.63) is 86.1 Å². The first-order chi connectivity index (χ1) is 21.3. The highest BCUT2D eigenvalue weighted by molar-refractivity contribution is 5.82. The van der Waals surface area contributed by atoms with Crippen LogP contribution in [0.5, 0.6) is 0 Å². The lowest BCUT2D eigenvalue weighted by molar-refractivity contribution is -0.142.